The Morgan fingerprint density at radius 3 is 2.44 bits per heavy atom. The van der Waals surface area contributed by atoms with Crippen LogP contribution in [0.4, 0.5) is 10.6 Å². The van der Waals surface area contributed by atoms with E-state index in [1.54, 1.807) is 23.2 Å². The molecule has 2 saturated heterocycles. The summed E-state index contributed by atoms with van der Waals surface area (Å²) in [5.41, 5.74) is -0.655. The van der Waals surface area contributed by atoms with E-state index < -0.39 is 11.6 Å². The number of nitrogens with zero attached hydrogens (tertiary/aromatic N) is 4. The summed E-state index contributed by atoms with van der Waals surface area (Å²) >= 11 is 6.23. The third-order valence-electron chi connectivity index (χ3n) is 7.27. The second-order valence-corrected chi connectivity index (χ2v) is 10.6. The highest BCUT2D eigenvalue weighted by Crippen LogP contribution is 2.43. The first-order valence-corrected chi connectivity index (χ1v) is 11.8. The van der Waals surface area contributed by atoms with Crippen molar-refractivity contribution in [2.45, 2.75) is 52.0 Å². The number of rotatable bonds is 3. The fourth-order valence-electron chi connectivity index (χ4n) is 5.15. The number of urea groups is 1. The number of anilines is 1. The number of carbonyl (C=O) groups excluding carboxylic acids is 3. The van der Waals surface area contributed by atoms with Crippen LogP contribution in [0.2, 0.25) is 5.02 Å². The van der Waals surface area contributed by atoms with Crippen LogP contribution in [-0.4, -0.2) is 70.9 Å². The molecule has 0 unspecified atom stereocenters. The zero-order valence-electron chi connectivity index (χ0n) is 19.1. The van der Waals surface area contributed by atoms with E-state index in [-0.39, 0.29) is 23.8 Å². The fraction of sp³-hybridized carbons (Fsp3) is 0.652. The average molecular weight is 462 g/mol. The highest BCUT2D eigenvalue weighted by Gasteiger charge is 2.53. The van der Waals surface area contributed by atoms with Crippen LogP contribution in [0.5, 0.6) is 0 Å². The Bertz CT molecular complexity index is 899. The van der Waals surface area contributed by atoms with Gasteiger partial charge in [-0.3, -0.25) is 14.5 Å². The quantitative estimate of drug-likeness (QED) is 0.699. The third-order valence-corrected chi connectivity index (χ3v) is 7.57. The largest absolute Gasteiger partial charge is 0.352 e. The van der Waals surface area contributed by atoms with Crippen LogP contribution < -0.4 is 10.2 Å². The monoisotopic (exact) mass is 461 g/mol. The van der Waals surface area contributed by atoms with Crippen molar-refractivity contribution < 1.29 is 14.4 Å². The van der Waals surface area contributed by atoms with Crippen LogP contribution in [0.3, 0.4) is 0 Å². The van der Waals surface area contributed by atoms with Crippen LogP contribution in [-0.2, 0) is 9.59 Å². The molecule has 1 spiro atoms. The SMILES string of the molecule is CC(C)(C)C1CCC2(CC1)NC(=O)N(CC(=O)N1CCN(c3ncccc3Cl)CC1)C2=O. The number of imide groups is 1. The summed E-state index contributed by atoms with van der Waals surface area (Å²) in [6, 6.07) is 3.13. The maximum atomic E-state index is 13.2. The minimum atomic E-state index is -0.840. The molecule has 1 N–H and O–H groups in total. The van der Waals surface area contributed by atoms with Gasteiger partial charge in [0.1, 0.15) is 17.9 Å². The van der Waals surface area contributed by atoms with E-state index in [0.717, 1.165) is 17.7 Å². The van der Waals surface area contributed by atoms with Gasteiger partial charge in [0.25, 0.3) is 5.91 Å². The van der Waals surface area contributed by atoms with Gasteiger partial charge in [0.15, 0.2) is 0 Å². The number of aromatic nitrogens is 1. The van der Waals surface area contributed by atoms with Gasteiger partial charge >= 0.3 is 6.03 Å². The molecular formula is C23H32ClN5O3. The molecule has 1 aromatic rings. The number of hydrogen-bond donors (Lipinski definition) is 1. The summed E-state index contributed by atoms with van der Waals surface area (Å²) in [6.07, 6.45) is 4.76. The minimum Gasteiger partial charge on any atom is -0.352 e. The Morgan fingerprint density at radius 2 is 1.84 bits per heavy atom. The van der Waals surface area contributed by atoms with Crippen molar-refractivity contribution in [3.05, 3.63) is 23.4 Å². The maximum Gasteiger partial charge on any atom is 0.325 e. The molecule has 0 bridgehead atoms. The lowest BCUT2D eigenvalue weighted by molar-refractivity contribution is -0.140. The van der Waals surface area contributed by atoms with E-state index in [2.05, 4.69) is 31.1 Å². The second kappa shape index (κ2) is 8.54. The maximum absolute atomic E-state index is 13.2. The molecular weight excluding hydrogens is 430 g/mol. The number of hydrogen-bond acceptors (Lipinski definition) is 5. The topological polar surface area (TPSA) is 85.8 Å². The van der Waals surface area contributed by atoms with Crippen molar-refractivity contribution in [3.63, 3.8) is 0 Å². The van der Waals surface area contributed by atoms with Gasteiger partial charge in [0, 0.05) is 32.4 Å². The summed E-state index contributed by atoms with van der Waals surface area (Å²) in [4.78, 5) is 47.9. The predicted molar refractivity (Wildman–Crippen MR) is 122 cm³/mol. The van der Waals surface area contributed by atoms with Crippen molar-refractivity contribution in [2.75, 3.05) is 37.6 Å². The van der Waals surface area contributed by atoms with Crippen LogP contribution in [0.1, 0.15) is 46.5 Å². The average Bonchev–Trinajstić information content (AvgIpc) is 2.98. The molecule has 9 heteroatoms. The number of carbonyl (C=O) groups is 3. The molecule has 0 aromatic carbocycles. The van der Waals surface area contributed by atoms with Crippen molar-refractivity contribution in [3.8, 4) is 0 Å². The summed E-state index contributed by atoms with van der Waals surface area (Å²) in [7, 11) is 0. The number of piperazine rings is 1. The van der Waals surface area contributed by atoms with Crippen molar-refractivity contribution in [2.24, 2.45) is 11.3 Å². The number of pyridine rings is 1. The lowest BCUT2D eigenvalue weighted by Gasteiger charge is -2.40. The summed E-state index contributed by atoms with van der Waals surface area (Å²) in [5, 5.41) is 3.50. The van der Waals surface area contributed by atoms with E-state index in [1.165, 1.54) is 0 Å². The van der Waals surface area contributed by atoms with Crippen molar-refractivity contribution in [1.29, 1.82) is 0 Å². The van der Waals surface area contributed by atoms with Crippen LogP contribution >= 0.6 is 11.6 Å². The van der Waals surface area contributed by atoms with Gasteiger partial charge in [-0.15, -0.1) is 0 Å². The van der Waals surface area contributed by atoms with E-state index in [4.69, 9.17) is 11.6 Å². The zero-order valence-corrected chi connectivity index (χ0v) is 19.8. The van der Waals surface area contributed by atoms with Gasteiger partial charge in [-0.05, 0) is 49.1 Å². The Balaban J connectivity index is 1.34. The first-order valence-electron chi connectivity index (χ1n) is 11.4. The highest BCUT2D eigenvalue weighted by molar-refractivity contribution is 6.32. The molecule has 2 aliphatic heterocycles. The lowest BCUT2D eigenvalue weighted by atomic mass is 9.67. The molecule has 0 radical (unpaired) electrons. The van der Waals surface area contributed by atoms with Crippen molar-refractivity contribution in [1.82, 2.24) is 20.1 Å². The standard InChI is InChI=1S/C23H32ClN5O3/c1-22(2,3)16-6-8-23(9-7-16)20(31)29(21(32)26-23)15-18(30)27-11-13-28(14-12-27)19-17(24)5-4-10-25-19/h4-5,10,16H,6-9,11-15H2,1-3H3,(H,26,32). The lowest BCUT2D eigenvalue weighted by Crippen LogP contribution is -2.53. The fourth-order valence-corrected chi connectivity index (χ4v) is 5.39. The number of nitrogens with one attached hydrogen (secondary N) is 1. The summed E-state index contributed by atoms with van der Waals surface area (Å²) < 4.78 is 0. The molecule has 4 amide bonds. The molecule has 3 heterocycles. The molecule has 174 valence electrons. The predicted octanol–water partition coefficient (Wildman–Crippen LogP) is 2.91. The van der Waals surface area contributed by atoms with Gasteiger partial charge in [-0.2, -0.15) is 0 Å². The summed E-state index contributed by atoms with van der Waals surface area (Å²) in [6.45, 7) is 8.63. The second-order valence-electron chi connectivity index (χ2n) is 10.2. The Labute approximate surface area is 194 Å². The van der Waals surface area contributed by atoms with Gasteiger partial charge < -0.3 is 15.1 Å². The van der Waals surface area contributed by atoms with Crippen LogP contribution in [0.25, 0.3) is 0 Å². The Kier molecular flexibility index (Phi) is 6.09. The number of amides is 4. The van der Waals surface area contributed by atoms with E-state index in [1.807, 2.05) is 4.90 Å². The summed E-state index contributed by atoms with van der Waals surface area (Å²) in [5.74, 6) is 0.781. The molecule has 0 atom stereocenters. The Morgan fingerprint density at radius 1 is 1.19 bits per heavy atom. The zero-order chi connectivity index (χ0) is 23.1. The normalized spacial score (nSPS) is 26.6. The third kappa shape index (κ3) is 4.29. The first-order chi connectivity index (χ1) is 15.1. The van der Waals surface area contributed by atoms with E-state index in [9.17, 15) is 14.4 Å². The smallest absolute Gasteiger partial charge is 0.325 e. The van der Waals surface area contributed by atoms with Gasteiger partial charge in [0.05, 0.1) is 5.02 Å². The van der Waals surface area contributed by atoms with Gasteiger partial charge in [0.2, 0.25) is 5.91 Å². The molecule has 1 saturated carbocycles. The molecule has 1 aromatic heterocycles. The first kappa shape index (κ1) is 22.8. The Hall–Kier alpha value is -2.35. The molecule has 1 aliphatic carbocycles. The van der Waals surface area contributed by atoms with Crippen molar-refractivity contribution >= 4 is 35.3 Å². The van der Waals surface area contributed by atoms with Crippen LogP contribution in [0.15, 0.2) is 18.3 Å². The van der Waals surface area contributed by atoms with E-state index in [0.29, 0.717) is 55.8 Å². The molecule has 32 heavy (non-hydrogen) atoms. The molecule has 3 fully saturated rings. The molecule has 4 rings (SSSR count). The molecule has 3 aliphatic rings. The van der Waals surface area contributed by atoms with Gasteiger partial charge in [-0.1, -0.05) is 32.4 Å². The highest BCUT2D eigenvalue weighted by atomic mass is 35.5. The van der Waals surface area contributed by atoms with E-state index >= 15 is 0 Å². The number of halogens is 1. The minimum absolute atomic E-state index is 0.185. The van der Waals surface area contributed by atoms with Crippen LogP contribution in [0, 0.1) is 11.3 Å². The van der Waals surface area contributed by atoms with Gasteiger partial charge in [-0.25, -0.2) is 9.78 Å². The molecule has 8 nitrogen and oxygen atoms in total.